The lowest BCUT2D eigenvalue weighted by Gasteiger charge is -2.24. The molecule has 0 fully saturated rings. The van der Waals surface area contributed by atoms with Gasteiger partial charge in [0.15, 0.2) is 0 Å². The molecular formula is C21H16Cl2N4O5S. The molecule has 170 valence electrons. The Labute approximate surface area is 199 Å². The van der Waals surface area contributed by atoms with E-state index in [-0.39, 0.29) is 26.3 Å². The molecule has 3 rings (SSSR count). The number of nitro groups is 1. The number of hydrogen-bond donors (Lipinski definition) is 1. The first kappa shape index (κ1) is 24.2. The van der Waals surface area contributed by atoms with Crippen molar-refractivity contribution in [2.45, 2.75) is 4.90 Å². The Kier molecular flexibility index (Phi) is 7.64. The van der Waals surface area contributed by atoms with E-state index in [0.717, 1.165) is 4.31 Å². The van der Waals surface area contributed by atoms with E-state index in [1.165, 1.54) is 60.8 Å². The fourth-order valence-corrected chi connectivity index (χ4v) is 4.68. The summed E-state index contributed by atoms with van der Waals surface area (Å²) in [6, 6.07) is 17.3. The summed E-state index contributed by atoms with van der Waals surface area (Å²) in [6.45, 7) is -0.606. The number of carbonyl (C=O) groups excluding carboxylic acids is 1. The minimum atomic E-state index is -4.13. The van der Waals surface area contributed by atoms with Gasteiger partial charge >= 0.3 is 0 Å². The topological polar surface area (TPSA) is 122 Å². The van der Waals surface area contributed by atoms with E-state index in [1.807, 2.05) is 0 Å². The van der Waals surface area contributed by atoms with Gasteiger partial charge in [0.05, 0.1) is 21.7 Å². The number of amides is 1. The van der Waals surface area contributed by atoms with E-state index >= 15 is 0 Å². The van der Waals surface area contributed by atoms with Crippen LogP contribution in [0, 0.1) is 10.1 Å². The number of nitrogens with zero attached hydrogens (tertiary/aromatic N) is 3. The number of non-ortho nitro benzene ring substituents is 1. The zero-order chi connectivity index (χ0) is 24.0. The summed E-state index contributed by atoms with van der Waals surface area (Å²) in [5.41, 5.74) is 2.76. The van der Waals surface area contributed by atoms with Crippen LogP contribution in [0.5, 0.6) is 0 Å². The van der Waals surface area contributed by atoms with Gasteiger partial charge in [-0.3, -0.25) is 19.2 Å². The van der Waals surface area contributed by atoms with Gasteiger partial charge in [0.25, 0.3) is 21.6 Å². The SMILES string of the molecule is O=C(CN(c1cc(Cl)cc(Cl)c1)S(=O)(=O)c1ccccc1)N/N=C\c1ccc([N+](=O)[O-])cc1. The third-order valence-corrected chi connectivity index (χ3v) is 6.49. The van der Waals surface area contributed by atoms with Crippen LogP contribution in [-0.4, -0.2) is 32.0 Å². The smallest absolute Gasteiger partial charge is 0.269 e. The summed E-state index contributed by atoms with van der Waals surface area (Å²) >= 11 is 12.1. The third kappa shape index (κ3) is 6.28. The normalized spacial score (nSPS) is 11.3. The molecular weight excluding hydrogens is 491 g/mol. The van der Waals surface area contributed by atoms with Gasteiger partial charge in [0.2, 0.25) is 0 Å². The Bertz CT molecular complexity index is 1280. The molecule has 1 N–H and O–H groups in total. The fourth-order valence-electron chi connectivity index (χ4n) is 2.74. The second kappa shape index (κ2) is 10.4. The highest BCUT2D eigenvalue weighted by atomic mass is 35.5. The summed E-state index contributed by atoms with van der Waals surface area (Å²) < 4.78 is 27.4. The molecule has 0 aliphatic heterocycles. The molecule has 3 aromatic carbocycles. The monoisotopic (exact) mass is 506 g/mol. The van der Waals surface area contributed by atoms with E-state index in [2.05, 4.69) is 10.5 Å². The first-order valence-corrected chi connectivity index (χ1v) is 11.5. The van der Waals surface area contributed by atoms with Crippen LogP contribution in [0.25, 0.3) is 0 Å². The van der Waals surface area contributed by atoms with Crippen LogP contribution in [-0.2, 0) is 14.8 Å². The number of nitrogens with one attached hydrogen (secondary N) is 1. The Morgan fingerprint density at radius 1 is 1.03 bits per heavy atom. The average molecular weight is 507 g/mol. The molecule has 0 saturated heterocycles. The Morgan fingerprint density at radius 3 is 2.21 bits per heavy atom. The van der Waals surface area contributed by atoms with Crippen LogP contribution in [0.3, 0.4) is 0 Å². The van der Waals surface area contributed by atoms with Gasteiger partial charge in [0, 0.05) is 22.2 Å². The van der Waals surface area contributed by atoms with Crippen molar-refractivity contribution in [2.24, 2.45) is 5.10 Å². The van der Waals surface area contributed by atoms with Crippen molar-refractivity contribution in [1.29, 1.82) is 0 Å². The Balaban J connectivity index is 1.82. The average Bonchev–Trinajstić information content (AvgIpc) is 2.77. The van der Waals surface area contributed by atoms with Crippen molar-refractivity contribution in [1.82, 2.24) is 5.43 Å². The largest absolute Gasteiger partial charge is 0.271 e. The molecule has 0 spiro atoms. The molecule has 0 radical (unpaired) electrons. The maximum absolute atomic E-state index is 13.2. The highest BCUT2D eigenvalue weighted by molar-refractivity contribution is 7.92. The predicted octanol–water partition coefficient (Wildman–Crippen LogP) is 4.25. The van der Waals surface area contributed by atoms with Crippen LogP contribution >= 0.6 is 23.2 Å². The maximum Gasteiger partial charge on any atom is 0.269 e. The quantitative estimate of drug-likeness (QED) is 0.278. The summed E-state index contributed by atoms with van der Waals surface area (Å²) in [5, 5.41) is 14.9. The summed E-state index contributed by atoms with van der Waals surface area (Å²) in [6.07, 6.45) is 1.27. The molecule has 0 bridgehead atoms. The molecule has 0 aliphatic carbocycles. The number of rotatable bonds is 8. The minimum Gasteiger partial charge on any atom is -0.271 e. The molecule has 9 nitrogen and oxygen atoms in total. The zero-order valence-corrected chi connectivity index (χ0v) is 19.1. The lowest BCUT2D eigenvalue weighted by Crippen LogP contribution is -2.39. The van der Waals surface area contributed by atoms with E-state index in [9.17, 15) is 23.3 Å². The number of anilines is 1. The summed E-state index contributed by atoms with van der Waals surface area (Å²) in [4.78, 5) is 22.7. The lowest BCUT2D eigenvalue weighted by molar-refractivity contribution is -0.384. The number of carbonyl (C=O) groups is 1. The minimum absolute atomic E-state index is 0.0247. The van der Waals surface area contributed by atoms with Gasteiger partial charge in [-0.05, 0) is 48.0 Å². The van der Waals surface area contributed by atoms with Crippen LogP contribution in [0.2, 0.25) is 10.0 Å². The number of nitro benzene ring substituents is 1. The zero-order valence-electron chi connectivity index (χ0n) is 16.8. The van der Waals surface area contributed by atoms with Crippen molar-refractivity contribution >= 4 is 56.7 Å². The number of halogens is 2. The van der Waals surface area contributed by atoms with Crippen LogP contribution in [0.4, 0.5) is 11.4 Å². The van der Waals surface area contributed by atoms with Crippen molar-refractivity contribution in [3.8, 4) is 0 Å². The lowest BCUT2D eigenvalue weighted by atomic mass is 10.2. The first-order valence-electron chi connectivity index (χ1n) is 9.27. The second-order valence-electron chi connectivity index (χ2n) is 6.59. The molecule has 33 heavy (non-hydrogen) atoms. The van der Waals surface area contributed by atoms with Crippen LogP contribution < -0.4 is 9.73 Å². The Hall–Kier alpha value is -3.47. The van der Waals surface area contributed by atoms with Gasteiger partial charge < -0.3 is 0 Å². The molecule has 0 unspecified atom stereocenters. The summed E-state index contributed by atoms with van der Waals surface area (Å²) in [7, 11) is -4.13. The molecule has 12 heteroatoms. The molecule has 0 atom stereocenters. The number of benzene rings is 3. The van der Waals surface area contributed by atoms with Crippen molar-refractivity contribution in [2.75, 3.05) is 10.8 Å². The van der Waals surface area contributed by atoms with Crippen molar-refractivity contribution < 1.29 is 18.1 Å². The van der Waals surface area contributed by atoms with Crippen molar-refractivity contribution in [3.63, 3.8) is 0 Å². The standard InChI is InChI=1S/C21H16Cl2N4O5S/c22-16-10-17(23)12-19(11-16)26(33(31,32)20-4-2-1-3-5-20)14-21(28)25-24-13-15-6-8-18(9-7-15)27(29)30/h1-13H,14H2,(H,25,28)/b24-13-. The van der Waals surface area contributed by atoms with E-state index in [4.69, 9.17) is 23.2 Å². The molecule has 3 aromatic rings. The van der Waals surface area contributed by atoms with E-state index < -0.39 is 27.4 Å². The number of hydrogen-bond acceptors (Lipinski definition) is 6. The maximum atomic E-state index is 13.2. The second-order valence-corrected chi connectivity index (χ2v) is 9.33. The third-order valence-electron chi connectivity index (χ3n) is 4.26. The Morgan fingerprint density at radius 2 is 1.64 bits per heavy atom. The van der Waals surface area contributed by atoms with Gasteiger partial charge in [-0.15, -0.1) is 0 Å². The summed E-state index contributed by atoms with van der Waals surface area (Å²) in [5.74, 6) is -0.733. The van der Waals surface area contributed by atoms with Gasteiger partial charge in [-0.25, -0.2) is 13.8 Å². The van der Waals surface area contributed by atoms with Gasteiger partial charge in [-0.1, -0.05) is 41.4 Å². The molecule has 0 heterocycles. The van der Waals surface area contributed by atoms with Crippen LogP contribution in [0.1, 0.15) is 5.56 Å². The molecule has 0 aromatic heterocycles. The van der Waals surface area contributed by atoms with Crippen molar-refractivity contribution in [3.05, 3.63) is 98.5 Å². The number of hydrazone groups is 1. The van der Waals surface area contributed by atoms with Crippen LogP contribution in [0.15, 0.2) is 82.8 Å². The highest BCUT2D eigenvalue weighted by Crippen LogP contribution is 2.29. The van der Waals surface area contributed by atoms with E-state index in [1.54, 1.807) is 18.2 Å². The fraction of sp³-hybridized carbons (Fsp3) is 0.0476. The molecule has 1 amide bonds. The van der Waals surface area contributed by atoms with E-state index in [0.29, 0.717) is 5.56 Å². The highest BCUT2D eigenvalue weighted by Gasteiger charge is 2.27. The molecule has 0 saturated carbocycles. The first-order chi connectivity index (χ1) is 15.7. The predicted molar refractivity (Wildman–Crippen MR) is 126 cm³/mol. The van der Waals surface area contributed by atoms with Gasteiger partial charge in [0.1, 0.15) is 6.54 Å². The van der Waals surface area contributed by atoms with Gasteiger partial charge in [-0.2, -0.15) is 5.10 Å². The number of sulfonamides is 1. The molecule has 0 aliphatic rings.